The molecule has 0 aromatic carbocycles. The van der Waals surface area contributed by atoms with Crippen LogP contribution in [-0.4, -0.2) is 17.6 Å². The van der Waals surface area contributed by atoms with Crippen molar-refractivity contribution in [2.45, 2.75) is 38.6 Å². The number of allylic oxidation sites excluding steroid dienone is 2. The highest BCUT2D eigenvalue weighted by Crippen LogP contribution is 2.35. The second-order valence-corrected chi connectivity index (χ2v) is 7.68. The molecule has 2 aromatic heterocycles. The number of nitrogens with two attached hydrogens (primary N) is 1. The van der Waals surface area contributed by atoms with Gasteiger partial charge in [-0.2, -0.15) is 0 Å². The summed E-state index contributed by atoms with van der Waals surface area (Å²) in [4.78, 5) is 4.31. The molecular weight excluding hydrogens is 406 g/mol. The molecule has 1 unspecified atom stereocenters. The monoisotopic (exact) mass is 427 g/mol. The lowest BCUT2D eigenvalue weighted by Gasteiger charge is -2.09. The molecule has 0 aliphatic heterocycles. The Labute approximate surface area is 161 Å². The van der Waals surface area contributed by atoms with E-state index in [-0.39, 0.29) is 0 Å². The molecule has 2 heterocycles. The van der Waals surface area contributed by atoms with Gasteiger partial charge in [0.2, 0.25) is 0 Å². The van der Waals surface area contributed by atoms with Crippen LogP contribution in [0.2, 0.25) is 5.15 Å². The van der Waals surface area contributed by atoms with Crippen molar-refractivity contribution >= 4 is 54.8 Å². The van der Waals surface area contributed by atoms with Gasteiger partial charge in [0.15, 0.2) is 0 Å². The molecule has 1 aliphatic rings. The van der Waals surface area contributed by atoms with Gasteiger partial charge in [-0.25, -0.2) is 4.98 Å². The summed E-state index contributed by atoms with van der Waals surface area (Å²) in [6, 6.07) is 2.32. The van der Waals surface area contributed by atoms with Crippen LogP contribution in [-0.2, 0) is 0 Å². The Kier molecular flexibility index (Phi) is 8.25. The third-order valence-corrected chi connectivity index (χ3v) is 5.67. The maximum absolute atomic E-state index is 6.01. The zero-order valence-corrected chi connectivity index (χ0v) is 16.9. The SMILES string of the molecule is CC/C=C/CNc1cc(Cl)nc2c(Br)csc12.NC1CC=CCC1. The topological polar surface area (TPSA) is 50.9 Å². The van der Waals surface area contributed by atoms with Gasteiger partial charge in [-0.3, -0.25) is 0 Å². The van der Waals surface area contributed by atoms with Gasteiger partial charge < -0.3 is 11.1 Å². The summed E-state index contributed by atoms with van der Waals surface area (Å²) in [5.41, 5.74) is 7.54. The average Bonchev–Trinajstić information content (AvgIpc) is 2.94. The van der Waals surface area contributed by atoms with Crippen LogP contribution in [0.25, 0.3) is 10.2 Å². The second kappa shape index (κ2) is 10.2. The first kappa shape index (κ1) is 19.4. The number of thiophene rings is 1. The molecule has 0 fully saturated rings. The predicted molar refractivity (Wildman–Crippen MR) is 111 cm³/mol. The Morgan fingerprint density at radius 3 is 2.92 bits per heavy atom. The minimum absolute atomic E-state index is 0.449. The number of aromatic nitrogens is 1. The molecule has 0 bridgehead atoms. The molecule has 0 amide bonds. The van der Waals surface area contributed by atoms with Gasteiger partial charge in [0.25, 0.3) is 0 Å². The lowest BCUT2D eigenvalue weighted by molar-refractivity contribution is 0.606. The first-order valence-electron chi connectivity index (χ1n) is 8.14. The largest absolute Gasteiger partial charge is 0.380 e. The molecular formula is C18H23BrClN3S. The van der Waals surface area contributed by atoms with Crippen LogP contribution in [0.15, 0.2) is 40.2 Å². The third-order valence-electron chi connectivity index (χ3n) is 3.57. The van der Waals surface area contributed by atoms with Crippen LogP contribution < -0.4 is 11.1 Å². The summed E-state index contributed by atoms with van der Waals surface area (Å²) in [6.07, 6.45) is 13.1. The van der Waals surface area contributed by atoms with E-state index in [9.17, 15) is 0 Å². The lowest BCUT2D eigenvalue weighted by atomic mass is 10.0. The molecule has 0 saturated carbocycles. The van der Waals surface area contributed by atoms with Crippen molar-refractivity contribution in [2.75, 3.05) is 11.9 Å². The molecule has 0 spiro atoms. The zero-order chi connectivity index (χ0) is 17.4. The molecule has 3 nitrogen and oxygen atoms in total. The van der Waals surface area contributed by atoms with E-state index in [1.165, 1.54) is 12.8 Å². The first-order valence-corrected chi connectivity index (χ1v) is 10.2. The fraction of sp³-hybridized carbons (Fsp3) is 0.389. The molecule has 24 heavy (non-hydrogen) atoms. The van der Waals surface area contributed by atoms with Crippen LogP contribution >= 0.6 is 38.9 Å². The number of rotatable bonds is 4. The summed E-state index contributed by atoms with van der Waals surface area (Å²) >= 11 is 11.1. The Balaban J connectivity index is 0.000000249. The summed E-state index contributed by atoms with van der Waals surface area (Å²) < 4.78 is 2.12. The van der Waals surface area contributed by atoms with Crippen molar-refractivity contribution < 1.29 is 0 Å². The standard InChI is InChI=1S/C12H12BrClN2S.C6H11N/c1-2-3-4-5-15-9-6-10(14)16-11-8(13)7-17-12(9)11;7-6-4-2-1-3-5-6/h3-4,6-7H,2,5H2,1H3,(H,15,16);1-2,6H,3-5,7H2/b4-3+;. The maximum atomic E-state index is 6.01. The van der Waals surface area contributed by atoms with E-state index in [0.29, 0.717) is 11.2 Å². The highest BCUT2D eigenvalue weighted by atomic mass is 79.9. The Bertz CT molecular complexity index is 712. The van der Waals surface area contributed by atoms with Gasteiger partial charge in [0.05, 0.1) is 20.4 Å². The summed E-state index contributed by atoms with van der Waals surface area (Å²) in [6.45, 7) is 2.92. The third kappa shape index (κ3) is 5.88. The Morgan fingerprint density at radius 2 is 2.29 bits per heavy atom. The van der Waals surface area contributed by atoms with E-state index >= 15 is 0 Å². The summed E-state index contributed by atoms with van der Waals surface area (Å²) in [5.74, 6) is 0. The molecule has 6 heteroatoms. The fourth-order valence-corrected chi connectivity index (χ4v) is 4.07. The molecule has 0 radical (unpaired) electrons. The molecule has 2 aromatic rings. The van der Waals surface area contributed by atoms with Gasteiger partial charge >= 0.3 is 0 Å². The predicted octanol–water partition coefficient (Wildman–Crippen LogP) is 6.14. The normalized spacial score (nSPS) is 17.1. The molecule has 0 saturated heterocycles. The molecule has 3 N–H and O–H groups in total. The summed E-state index contributed by atoms with van der Waals surface area (Å²) in [7, 11) is 0. The van der Waals surface area contributed by atoms with Crippen LogP contribution in [0.3, 0.4) is 0 Å². The van der Waals surface area contributed by atoms with Gasteiger partial charge in [-0.05, 0) is 41.6 Å². The second-order valence-electron chi connectivity index (χ2n) is 5.56. The van der Waals surface area contributed by atoms with Crippen molar-refractivity contribution in [3.05, 3.63) is 45.4 Å². The van der Waals surface area contributed by atoms with Gasteiger partial charge in [0, 0.05) is 24.0 Å². The zero-order valence-electron chi connectivity index (χ0n) is 13.8. The maximum Gasteiger partial charge on any atom is 0.131 e. The summed E-state index contributed by atoms with van der Waals surface area (Å²) in [5, 5.41) is 5.90. The van der Waals surface area contributed by atoms with Crippen molar-refractivity contribution in [3.63, 3.8) is 0 Å². The first-order chi connectivity index (χ1) is 11.6. The van der Waals surface area contributed by atoms with E-state index in [4.69, 9.17) is 17.3 Å². The van der Waals surface area contributed by atoms with Crippen LogP contribution in [0.5, 0.6) is 0 Å². The number of anilines is 1. The number of hydrogen-bond donors (Lipinski definition) is 2. The quantitative estimate of drug-likeness (QED) is 0.454. The highest BCUT2D eigenvalue weighted by molar-refractivity contribution is 9.10. The van der Waals surface area contributed by atoms with Crippen molar-refractivity contribution in [1.82, 2.24) is 4.98 Å². The molecule has 1 aliphatic carbocycles. The van der Waals surface area contributed by atoms with Crippen molar-refractivity contribution in [3.8, 4) is 0 Å². The Morgan fingerprint density at radius 1 is 1.46 bits per heavy atom. The van der Waals surface area contributed by atoms with E-state index < -0.39 is 0 Å². The van der Waals surface area contributed by atoms with E-state index in [2.05, 4.69) is 57.5 Å². The molecule has 130 valence electrons. The van der Waals surface area contributed by atoms with Crippen molar-refractivity contribution in [1.29, 1.82) is 0 Å². The van der Waals surface area contributed by atoms with E-state index in [1.807, 2.05) is 11.4 Å². The van der Waals surface area contributed by atoms with Crippen molar-refractivity contribution in [2.24, 2.45) is 5.73 Å². The smallest absolute Gasteiger partial charge is 0.131 e. The van der Waals surface area contributed by atoms with Crippen LogP contribution in [0.1, 0.15) is 32.6 Å². The average molecular weight is 429 g/mol. The highest BCUT2D eigenvalue weighted by Gasteiger charge is 2.09. The Hall–Kier alpha value is -0.880. The minimum Gasteiger partial charge on any atom is -0.380 e. The number of hydrogen-bond acceptors (Lipinski definition) is 4. The number of nitrogens with zero attached hydrogens (tertiary/aromatic N) is 1. The number of fused-ring (bicyclic) bond motifs is 1. The lowest BCUT2D eigenvalue weighted by Crippen LogP contribution is -2.19. The molecule has 3 rings (SSSR count). The van der Waals surface area contributed by atoms with Gasteiger partial charge in [-0.15, -0.1) is 11.3 Å². The van der Waals surface area contributed by atoms with Gasteiger partial charge in [-0.1, -0.05) is 42.8 Å². The van der Waals surface area contributed by atoms with Crippen LogP contribution in [0.4, 0.5) is 5.69 Å². The fourth-order valence-electron chi connectivity index (χ4n) is 2.32. The van der Waals surface area contributed by atoms with Crippen LogP contribution in [0, 0.1) is 0 Å². The minimum atomic E-state index is 0.449. The molecule has 1 atom stereocenters. The number of nitrogens with one attached hydrogen (secondary N) is 1. The number of pyridine rings is 1. The van der Waals surface area contributed by atoms with Gasteiger partial charge in [0.1, 0.15) is 5.15 Å². The van der Waals surface area contributed by atoms with E-state index in [0.717, 1.165) is 39.8 Å². The number of halogens is 2. The van der Waals surface area contributed by atoms with E-state index in [1.54, 1.807) is 11.3 Å².